The highest BCUT2D eigenvalue weighted by Crippen LogP contribution is 2.39. The standard InChI is InChI=1S/C23H27N3OS2/c1-13-9-10-17(11-14(13)2)15(3)24-20(27)12-28-22-21-18-7-5-6-8-19(18)29-23(21)26-16(4)25-22/h9-11,15H,5-8,12H2,1-4H3,(H,24,27)/t15-/m1/s1. The lowest BCUT2D eigenvalue weighted by Gasteiger charge is -2.16. The summed E-state index contributed by atoms with van der Waals surface area (Å²) in [6.07, 6.45) is 4.73. The van der Waals surface area contributed by atoms with Gasteiger partial charge in [0, 0.05) is 10.3 Å². The van der Waals surface area contributed by atoms with E-state index < -0.39 is 0 Å². The molecule has 3 aromatic rings. The molecule has 1 amide bonds. The summed E-state index contributed by atoms with van der Waals surface area (Å²) in [5.74, 6) is 1.18. The van der Waals surface area contributed by atoms with Crippen molar-refractivity contribution in [3.8, 4) is 0 Å². The Balaban J connectivity index is 1.48. The Labute approximate surface area is 180 Å². The van der Waals surface area contributed by atoms with Gasteiger partial charge < -0.3 is 5.32 Å². The van der Waals surface area contributed by atoms with Crippen LogP contribution in [0.15, 0.2) is 23.2 Å². The maximum absolute atomic E-state index is 12.6. The van der Waals surface area contributed by atoms with Crippen molar-refractivity contribution in [3.05, 3.63) is 51.2 Å². The topological polar surface area (TPSA) is 54.9 Å². The van der Waals surface area contributed by atoms with Gasteiger partial charge in [0.15, 0.2) is 0 Å². The van der Waals surface area contributed by atoms with Crippen molar-refractivity contribution in [3.63, 3.8) is 0 Å². The van der Waals surface area contributed by atoms with Crippen molar-refractivity contribution in [2.24, 2.45) is 0 Å². The van der Waals surface area contributed by atoms with Gasteiger partial charge >= 0.3 is 0 Å². The van der Waals surface area contributed by atoms with E-state index in [4.69, 9.17) is 4.98 Å². The molecular weight excluding hydrogens is 398 g/mol. The Kier molecular flexibility index (Phi) is 5.93. The van der Waals surface area contributed by atoms with E-state index in [-0.39, 0.29) is 11.9 Å². The molecule has 0 aliphatic heterocycles. The zero-order chi connectivity index (χ0) is 20.5. The van der Waals surface area contributed by atoms with Gasteiger partial charge in [0.25, 0.3) is 0 Å². The number of nitrogens with one attached hydrogen (secondary N) is 1. The molecule has 0 bridgehead atoms. The second-order valence-corrected chi connectivity index (χ2v) is 9.94. The van der Waals surface area contributed by atoms with Crippen LogP contribution in [0.1, 0.15) is 58.8 Å². The predicted molar refractivity (Wildman–Crippen MR) is 122 cm³/mol. The van der Waals surface area contributed by atoms with Crippen molar-refractivity contribution >= 4 is 39.2 Å². The molecule has 0 radical (unpaired) electrons. The Morgan fingerprint density at radius 3 is 2.76 bits per heavy atom. The molecular formula is C23H27N3OS2. The van der Waals surface area contributed by atoms with Crippen LogP contribution < -0.4 is 5.32 Å². The number of carbonyl (C=O) groups excluding carboxylic acids is 1. The monoisotopic (exact) mass is 425 g/mol. The van der Waals surface area contributed by atoms with Gasteiger partial charge in [-0.1, -0.05) is 30.0 Å². The van der Waals surface area contributed by atoms with E-state index >= 15 is 0 Å². The summed E-state index contributed by atoms with van der Waals surface area (Å²) in [6, 6.07) is 6.35. The number of aromatic nitrogens is 2. The lowest BCUT2D eigenvalue weighted by molar-refractivity contribution is -0.119. The molecule has 2 aromatic heterocycles. The minimum absolute atomic E-state index is 0.0107. The molecule has 1 atom stereocenters. The average molecular weight is 426 g/mol. The normalized spacial score (nSPS) is 14.6. The first-order valence-corrected chi connectivity index (χ1v) is 12.0. The molecule has 0 saturated carbocycles. The van der Waals surface area contributed by atoms with E-state index in [1.165, 1.54) is 51.6 Å². The number of thiophene rings is 1. The molecule has 6 heteroatoms. The van der Waals surface area contributed by atoms with Crippen LogP contribution in [0.3, 0.4) is 0 Å². The second-order valence-electron chi connectivity index (χ2n) is 7.89. The number of thioether (sulfide) groups is 1. The quantitative estimate of drug-likeness (QED) is 0.435. The van der Waals surface area contributed by atoms with Crippen LogP contribution in [0, 0.1) is 20.8 Å². The first-order valence-electron chi connectivity index (χ1n) is 10.2. The van der Waals surface area contributed by atoms with E-state index in [2.05, 4.69) is 42.3 Å². The van der Waals surface area contributed by atoms with Gasteiger partial charge in [-0.25, -0.2) is 9.97 Å². The third kappa shape index (κ3) is 4.33. The van der Waals surface area contributed by atoms with Crippen molar-refractivity contribution in [1.29, 1.82) is 0 Å². The Bertz CT molecular complexity index is 1070. The summed E-state index contributed by atoms with van der Waals surface area (Å²) >= 11 is 3.34. The Morgan fingerprint density at radius 1 is 1.17 bits per heavy atom. The Hall–Kier alpha value is -1.92. The van der Waals surface area contributed by atoms with E-state index in [1.807, 2.05) is 25.2 Å². The predicted octanol–water partition coefficient (Wildman–Crippen LogP) is 5.46. The van der Waals surface area contributed by atoms with Gasteiger partial charge in [-0.05, 0) is 75.6 Å². The third-order valence-electron chi connectivity index (χ3n) is 5.64. The zero-order valence-corrected chi connectivity index (χ0v) is 19.1. The average Bonchev–Trinajstić information content (AvgIpc) is 3.06. The zero-order valence-electron chi connectivity index (χ0n) is 17.5. The summed E-state index contributed by atoms with van der Waals surface area (Å²) in [7, 11) is 0. The van der Waals surface area contributed by atoms with E-state index in [1.54, 1.807) is 0 Å². The second kappa shape index (κ2) is 8.44. The SMILES string of the molecule is Cc1nc(SCC(=O)N[C@H](C)c2ccc(C)c(C)c2)c2c3c(sc2n1)CCCC3. The number of benzene rings is 1. The molecule has 1 aliphatic carbocycles. The van der Waals surface area contributed by atoms with Crippen LogP contribution >= 0.6 is 23.1 Å². The fourth-order valence-corrected chi connectivity index (χ4v) is 6.15. The van der Waals surface area contributed by atoms with Gasteiger partial charge in [0.05, 0.1) is 11.8 Å². The molecule has 0 spiro atoms. The van der Waals surface area contributed by atoms with Crippen LogP contribution in [0.25, 0.3) is 10.2 Å². The van der Waals surface area contributed by atoms with E-state index in [0.717, 1.165) is 34.1 Å². The molecule has 4 nitrogen and oxygen atoms in total. The molecule has 1 aliphatic rings. The van der Waals surface area contributed by atoms with Gasteiger partial charge in [0.2, 0.25) is 5.91 Å². The number of nitrogens with zero attached hydrogens (tertiary/aromatic N) is 2. The van der Waals surface area contributed by atoms with E-state index in [9.17, 15) is 4.79 Å². The molecule has 1 aromatic carbocycles. The van der Waals surface area contributed by atoms with Gasteiger partial charge in [0.1, 0.15) is 15.7 Å². The molecule has 29 heavy (non-hydrogen) atoms. The van der Waals surface area contributed by atoms with Crippen LogP contribution in [0.5, 0.6) is 0 Å². The number of hydrogen-bond acceptors (Lipinski definition) is 5. The van der Waals surface area contributed by atoms with Crippen molar-refractivity contribution < 1.29 is 4.79 Å². The first kappa shape index (κ1) is 20.4. The largest absolute Gasteiger partial charge is 0.349 e. The highest BCUT2D eigenvalue weighted by molar-refractivity contribution is 8.00. The van der Waals surface area contributed by atoms with E-state index in [0.29, 0.717) is 5.75 Å². The van der Waals surface area contributed by atoms with Gasteiger partial charge in [-0.3, -0.25) is 4.79 Å². The molecule has 1 N–H and O–H groups in total. The van der Waals surface area contributed by atoms with Crippen molar-refractivity contribution in [2.75, 3.05) is 5.75 Å². The number of rotatable bonds is 5. The molecule has 2 heterocycles. The fourth-order valence-electron chi connectivity index (χ4n) is 3.86. The number of hydrogen-bond donors (Lipinski definition) is 1. The summed E-state index contributed by atoms with van der Waals surface area (Å²) in [4.78, 5) is 24.5. The summed E-state index contributed by atoms with van der Waals surface area (Å²) in [6.45, 7) is 8.18. The molecule has 0 fully saturated rings. The summed E-state index contributed by atoms with van der Waals surface area (Å²) < 4.78 is 0. The maximum Gasteiger partial charge on any atom is 0.230 e. The number of amides is 1. The molecule has 0 unspecified atom stereocenters. The van der Waals surface area contributed by atoms with Crippen LogP contribution in [-0.4, -0.2) is 21.6 Å². The lowest BCUT2D eigenvalue weighted by Crippen LogP contribution is -2.28. The Morgan fingerprint density at radius 2 is 1.97 bits per heavy atom. The number of carbonyl (C=O) groups is 1. The molecule has 0 saturated heterocycles. The summed E-state index contributed by atoms with van der Waals surface area (Å²) in [5, 5.41) is 5.28. The minimum atomic E-state index is -0.0107. The maximum atomic E-state index is 12.6. The minimum Gasteiger partial charge on any atom is -0.349 e. The first-order chi connectivity index (χ1) is 13.9. The number of aryl methyl sites for hydroxylation is 5. The smallest absolute Gasteiger partial charge is 0.230 e. The van der Waals surface area contributed by atoms with Gasteiger partial charge in [-0.2, -0.15) is 0 Å². The van der Waals surface area contributed by atoms with Crippen LogP contribution in [0.2, 0.25) is 0 Å². The molecule has 4 rings (SSSR count). The van der Waals surface area contributed by atoms with Crippen molar-refractivity contribution in [2.45, 2.75) is 64.4 Å². The lowest BCUT2D eigenvalue weighted by atomic mass is 9.97. The van der Waals surface area contributed by atoms with Crippen LogP contribution in [0.4, 0.5) is 0 Å². The highest BCUT2D eigenvalue weighted by Gasteiger charge is 2.21. The fraction of sp³-hybridized carbons (Fsp3) is 0.435. The highest BCUT2D eigenvalue weighted by atomic mass is 32.2. The summed E-state index contributed by atoms with van der Waals surface area (Å²) in [5.41, 5.74) is 5.07. The third-order valence-corrected chi connectivity index (χ3v) is 7.80. The van der Waals surface area contributed by atoms with Crippen LogP contribution in [-0.2, 0) is 17.6 Å². The molecule has 152 valence electrons. The number of fused-ring (bicyclic) bond motifs is 3. The van der Waals surface area contributed by atoms with Gasteiger partial charge in [-0.15, -0.1) is 11.3 Å². The van der Waals surface area contributed by atoms with Crippen molar-refractivity contribution in [1.82, 2.24) is 15.3 Å².